The van der Waals surface area contributed by atoms with Crippen molar-refractivity contribution in [3.63, 3.8) is 0 Å². The summed E-state index contributed by atoms with van der Waals surface area (Å²) < 4.78 is 21.6. The number of esters is 3. The van der Waals surface area contributed by atoms with Gasteiger partial charge in [-0.25, -0.2) is 0 Å². The molecular formula is C18H21N3O8S. The van der Waals surface area contributed by atoms with Crippen LogP contribution in [0.2, 0.25) is 0 Å². The van der Waals surface area contributed by atoms with E-state index in [1.54, 1.807) is 12.1 Å². The molecule has 0 saturated carbocycles. The Morgan fingerprint density at radius 2 is 1.83 bits per heavy atom. The Labute approximate surface area is 176 Å². The Bertz CT molecular complexity index is 844. The molecule has 5 atom stereocenters. The van der Waals surface area contributed by atoms with Gasteiger partial charge in [-0.1, -0.05) is 22.9 Å². The average Bonchev–Trinajstić information content (AvgIpc) is 2.64. The molecule has 1 heterocycles. The van der Waals surface area contributed by atoms with Crippen molar-refractivity contribution >= 4 is 29.7 Å². The predicted octanol–water partition coefficient (Wildman–Crippen LogP) is 2.31. The molecule has 0 radical (unpaired) electrons. The largest absolute Gasteiger partial charge is 0.508 e. The van der Waals surface area contributed by atoms with E-state index in [4.69, 9.17) is 24.5 Å². The fourth-order valence-electron chi connectivity index (χ4n) is 2.86. The van der Waals surface area contributed by atoms with Crippen molar-refractivity contribution in [2.75, 3.05) is 6.61 Å². The Hall–Kier alpha value is -2.95. The number of benzene rings is 1. The van der Waals surface area contributed by atoms with E-state index in [1.807, 2.05) is 0 Å². The number of phenolic OH excluding ortho intramolecular Hbond substituents is 1. The van der Waals surface area contributed by atoms with Gasteiger partial charge < -0.3 is 24.1 Å². The van der Waals surface area contributed by atoms with Crippen LogP contribution in [0, 0.1) is 0 Å². The lowest BCUT2D eigenvalue weighted by molar-refractivity contribution is -0.201. The molecule has 0 aliphatic carbocycles. The van der Waals surface area contributed by atoms with Gasteiger partial charge in [-0.15, -0.1) is 0 Å². The highest BCUT2D eigenvalue weighted by atomic mass is 32.2. The van der Waals surface area contributed by atoms with Gasteiger partial charge in [0.25, 0.3) is 0 Å². The molecule has 162 valence electrons. The lowest BCUT2D eigenvalue weighted by Crippen LogP contribution is -2.59. The number of rotatable bonds is 7. The Morgan fingerprint density at radius 1 is 1.17 bits per heavy atom. The third-order valence-corrected chi connectivity index (χ3v) is 5.06. The molecule has 11 nitrogen and oxygen atoms in total. The number of ether oxygens (including phenoxy) is 4. The summed E-state index contributed by atoms with van der Waals surface area (Å²) in [6, 6.07) is 5.12. The summed E-state index contributed by atoms with van der Waals surface area (Å²) in [7, 11) is 0. The highest BCUT2D eigenvalue weighted by Crippen LogP contribution is 2.38. The summed E-state index contributed by atoms with van der Waals surface area (Å²) in [6.45, 7) is 3.25. The maximum atomic E-state index is 11.7. The van der Waals surface area contributed by atoms with Crippen molar-refractivity contribution in [2.45, 2.75) is 55.5 Å². The quantitative estimate of drug-likeness (QED) is 0.221. The van der Waals surface area contributed by atoms with Crippen molar-refractivity contribution < 1.29 is 38.4 Å². The minimum absolute atomic E-state index is 0.0145. The monoisotopic (exact) mass is 439 g/mol. The van der Waals surface area contributed by atoms with Crippen LogP contribution in [-0.4, -0.2) is 59.4 Å². The molecule has 0 bridgehead atoms. The molecule has 2 rings (SSSR count). The molecular weight excluding hydrogens is 418 g/mol. The molecule has 1 fully saturated rings. The van der Waals surface area contributed by atoms with Crippen LogP contribution in [0.3, 0.4) is 0 Å². The Balaban J connectivity index is 2.43. The first-order valence-corrected chi connectivity index (χ1v) is 9.72. The second-order valence-corrected chi connectivity index (χ2v) is 7.48. The Morgan fingerprint density at radius 3 is 2.40 bits per heavy atom. The minimum Gasteiger partial charge on any atom is -0.508 e. The number of carbonyl (C=O) groups is 3. The minimum atomic E-state index is -1.16. The van der Waals surface area contributed by atoms with Crippen LogP contribution in [0.25, 0.3) is 10.4 Å². The van der Waals surface area contributed by atoms with Gasteiger partial charge in [-0.2, -0.15) is 0 Å². The van der Waals surface area contributed by atoms with Crippen molar-refractivity contribution in [2.24, 2.45) is 5.11 Å². The van der Waals surface area contributed by atoms with E-state index >= 15 is 0 Å². The molecule has 1 aromatic rings. The molecule has 0 spiro atoms. The first-order chi connectivity index (χ1) is 14.2. The van der Waals surface area contributed by atoms with Gasteiger partial charge in [-0.05, 0) is 23.7 Å². The van der Waals surface area contributed by atoms with E-state index in [0.717, 1.165) is 18.7 Å². The molecule has 1 aliphatic rings. The van der Waals surface area contributed by atoms with Crippen LogP contribution >= 0.6 is 11.8 Å². The van der Waals surface area contributed by atoms with Crippen molar-refractivity contribution in [1.29, 1.82) is 0 Å². The number of hydrogen-bond donors (Lipinski definition) is 1. The number of thioether (sulfide) groups is 1. The highest BCUT2D eigenvalue weighted by Gasteiger charge is 2.50. The SMILES string of the molecule is CC(=O)OCC1O[C@H](Sc2cccc(O)c2)C(OC(C)=O)C(N=[N+]=[N-])[C@H]1OC(C)=O. The van der Waals surface area contributed by atoms with Crippen LogP contribution in [0.4, 0.5) is 0 Å². The van der Waals surface area contributed by atoms with Gasteiger partial charge >= 0.3 is 17.9 Å². The zero-order chi connectivity index (χ0) is 22.3. The van der Waals surface area contributed by atoms with E-state index in [0.29, 0.717) is 4.90 Å². The third kappa shape index (κ3) is 6.55. The number of carbonyl (C=O) groups excluding carboxylic acids is 3. The summed E-state index contributed by atoms with van der Waals surface area (Å²) in [5.74, 6) is -1.92. The van der Waals surface area contributed by atoms with Crippen LogP contribution < -0.4 is 0 Å². The molecule has 0 amide bonds. The molecule has 1 aromatic carbocycles. The predicted molar refractivity (Wildman–Crippen MR) is 103 cm³/mol. The number of azide groups is 1. The number of aromatic hydroxyl groups is 1. The fourth-order valence-corrected chi connectivity index (χ4v) is 4.02. The fraction of sp³-hybridized carbons (Fsp3) is 0.500. The second-order valence-electron chi connectivity index (χ2n) is 6.30. The van der Waals surface area contributed by atoms with Gasteiger partial charge in [0.15, 0.2) is 0 Å². The maximum Gasteiger partial charge on any atom is 0.303 e. The zero-order valence-corrected chi connectivity index (χ0v) is 17.3. The van der Waals surface area contributed by atoms with E-state index in [1.165, 1.54) is 26.0 Å². The average molecular weight is 439 g/mol. The second kappa shape index (κ2) is 10.7. The van der Waals surface area contributed by atoms with Crippen molar-refractivity contribution in [3.05, 3.63) is 34.7 Å². The van der Waals surface area contributed by atoms with E-state index in [-0.39, 0.29) is 12.4 Å². The van der Waals surface area contributed by atoms with Gasteiger partial charge in [-0.3, -0.25) is 14.4 Å². The molecule has 3 unspecified atom stereocenters. The van der Waals surface area contributed by atoms with E-state index < -0.39 is 47.7 Å². The molecule has 1 aliphatic heterocycles. The maximum absolute atomic E-state index is 11.7. The van der Waals surface area contributed by atoms with Crippen LogP contribution in [0.15, 0.2) is 34.3 Å². The van der Waals surface area contributed by atoms with E-state index in [9.17, 15) is 19.5 Å². The van der Waals surface area contributed by atoms with Gasteiger partial charge in [0, 0.05) is 30.6 Å². The number of nitrogens with zero attached hydrogens (tertiary/aromatic N) is 3. The molecule has 1 saturated heterocycles. The topological polar surface area (TPSA) is 157 Å². The van der Waals surface area contributed by atoms with E-state index in [2.05, 4.69) is 10.0 Å². The Kier molecular flexibility index (Phi) is 8.34. The van der Waals surface area contributed by atoms with Crippen LogP contribution in [-0.2, 0) is 33.3 Å². The molecule has 1 N–H and O–H groups in total. The van der Waals surface area contributed by atoms with Gasteiger partial charge in [0.05, 0.1) is 0 Å². The first kappa shape index (κ1) is 23.3. The van der Waals surface area contributed by atoms with Gasteiger partial charge in [0.2, 0.25) is 0 Å². The highest BCUT2D eigenvalue weighted by molar-refractivity contribution is 7.99. The summed E-state index contributed by atoms with van der Waals surface area (Å²) in [5, 5.41) is 13.4. The van der Waals surface area contributed by atoms with Crippen molar-refractivity contribution in [3.8, 4) is 5.75 Å². The summed E-state index contributed by atoms with van der Waals surface area (Å²) in [6.07, 6.45) is -3.28. The zero-order valence-electron chi connectivity index (χ0n) is 16.5. The summed E-state index contributed by atoms with van der Waals surface area (Å²) in [5.41, 5.74) is 8.13. The molecule has 12 heteroatoms. The van der Waals surface area contributed by atoms with Gasteiger partial charge in [0.1, 0.15) is 42.1 Å². The van der Waals surface area contributed by atoms with Crippen LogP contribution in [0.5, 0.6) is 5.75 Å². The number of hydrogen-bond acceptors (Lipinski definition) is 10. The van der Waals surface area contributed by atoms with Crippen LogP contribution in [0.1, 0.15) is 20.8 Å². The molecule has 30 heavy (non-hydrogen) atoms. The summed E-state index contributed by atoms with van der Waals surface area (Å²) >= 11 is 1.09. The van der Waals surface area contributed by atoms with Crippen molar-refractivity contribution in [1.82, 2.24) is 0 Å². The third-order valence-electron chi connectivity index (χ3n) is 3.93. The standard InChI is InChI=1S/C18H21N3O8S/c1-9(22)26-8-14-16(27-10(2)23)15(20-21-19)17(28-11(3)24)18(29-14)30-13-6-4-5-12(25)7-13/h4-7,14-18,25H,8H2,1-3H3/t14?,15?,16-,17?,18+/m0/s1. The number of phenols is 1. The lowest BCUT2D eigenvalue weighted by atomic mass is 9.97. The summed E-state index contributed by atoms with van der Waals surface area (Å²) in [4.78, 5) is 38.0. The molecule has 0 aromatic heterocycles. The normalized spacial score (nSPS) is 25.5. The lowest BCUT2D eigenvalue weighted by Gasteiger charge is -2.43. The first-order valence-electron chi connectivity index (χ1n) is 8.84. The smallest absolute Gasteiger partial charge is 0.303 e.